The highest BCUT2D eigenvalue weighted by atomic mass is 35.5. The van der Waals surface area contributed by atoms with Crippen LogP contribution in [0.15, 0.2) is 54.7 Å². The van der Waals surface area contributed by atoms with Gasteiger partial charge in [-0.25, -0.2) is 4.98 Å². The van der Waals surface area contributed by atoms with Crippen LogP contribution in [0.4, 0.5) is 11.5 Å². The molecule has 1 amide bonds. The zero-order valence-corrected chi connectivity index (χ0v) is 18.2. The fraction of sp³-hybridized carbons (Fsp3) is 0.182. The summed E-state index contributed by atoms with van der Waals surface area (Å²) < 4.78 is 0. The van der Waals surface area contributed by atoms with E-state index in [9.17, 15) is 4.79 Å². The van der Waals surface area contributed by atoms with Crippen LogP contribution in [0.2, 0.25) is 15.1 Å². The number of benzene rings is 2. The fourth-order valence-electron chi connectivity index (χ4n) is 3.34. The first-order chi connectivity index (χ1) is 14.5. The number of halogens is 3. The average Bonchev–Trinajstić information content (AvgIpc) is 2.75. The van der Waals surface area contributed by atoms with Crippen molar-refractivity contribution in [3.8, 4) is 0 Å². The highest BCUT2D eigenvalue weighted by Gasteiger charge is 2.21. The quantitative estimate of drug-likeness (QED) is 0.534. The van der Waals surface area contributed by atoms with Gasteiger partial charge in [0.05, 0.1) is 11.3 Å². The van der Waals surface area contributed by atoms with Crippen LogP contribution in [0, 0.1) is 0 Å². The van der Waals surface area contributed by atoms with Gasteiger partial charge in [-0.2, -0.15) is 0 Å². The van der Waals surface area contributed by atoms with E-state index in [0.717, 1.165) is 35.7 Å². The third-order valence-corrected chi connectivity index (χ3v) is 5.88. The Kier molecular flexibility index (Phi) is 6.32. The van der Waals surface area contributed by atoms with Crippen molar-refractivity contribution in [3.05, 3.63) is 86.5 Å². The molecule has 1 aliphatic heterocycles. The van der Waals surface area contributed by atoms with Crippen molar-refractivity contribution < 1.29 is 4.79 Å². The van der Waals surface area contributed by atoms with E-state index in [1.165, 1.54) is 0 Å². The van der Waals surface area contributed by atoms with Gasteiger partial charge in [0, 0.05) is 47.4 Å². The van der Waals surface area contributed by atoms with Crippen LogP contribution in [0.3, 0.4) is 0 Å². The normalized spacial score (nSPS) is 12.8. The lowest BCUT2D eigenvalue weighted by Gasteiger charge is -2.32. The van der Waals surface area contributed by atoms with Gasteiger partial charge in [0.15, 0.2) is 0 Å². The van der Waals surface area contributed by atoms with E-state index < -0.39 is 0 Å². The Balaban J connectivity index is 1.53. The highest BCUT2D eigenvalue weighted by molar-refractivity contribution is 6.33. The molecule has 0 saturated carbocycles. The van der Waals surface area contributed by atoms with Gasteiger partial charge in [0.1, 0.15) is 5.82 Å². The number of hydrogen-bond acceptors (Lipinski definition) is 4. The van der Waals surface area contributed by atoms with E-state index >= 15 is 0 Å². The third kappa shape index (κ3) is 4.64. The zero-order chi connectivity index (χ0) is 21.1. The summed E-state index contributed by atoms with van der Waals surface area (Å²) in [4.78, 5) is 19.3. The van der Waals surface area contributed by atoms with Gasteiger partial charge in [0.25, 0.3) is 5.91 Å². The Morgan fingerprint density at radius 2 is 1.87 bits per heavy atom. The number of rotatable bonds is 5. The fourth-order valence-corrected chi connectivity index (χ4v) is 3.91. The number of carbonyl (C=O) groups is 1. The molecule has 3 aromatic rings. The van der Waals surface area contributed by atoms with Crippen molar-refractivity contribution >= 4 is 52.2 Å². The molecule has 0 atom stereocenters. The Morgan fingerprint density at radius 3 is 2.70 bits per heavy atom. The molecule has 0 unspecified atom stereocenters. The molecular formula is C22H19Cl3N4O. The van der Waals surface area contributed by atoms with E-state index in [4.69, 9.17) is 34.8 Å². The predicted molar refractivity (Wildman–Crippen MR) is 123 cm³/mol. The number of aromatic nitrogens is 1. The molecule has 30 heavy (non-hydrogen) atoms. The molecule has 2 heterocycles. The average molecular weight is 462 g/mol. The molecule has 5 nitrogen and oxygen atoms in total. The summed E-state index contributed by atoms with van der Waals surface area (Å²) in [6.07, 6.45) is 1.57. The standard InChI is InChI=1S/C22H19Cl3N4O/c23-17-5-6-19(25)16(9-17)13-29-8-7-26-21-20(29)10-15(12-27-21)22(30)28-11-14-3-1-2-4-18(14)24/h1-6,9-10,12H,7-8,11,13H2,(H,26,27)(H,28,30). The van der Waals surface area contributed by atoms with Crippen molar-refractivity contribution in [3.63, 3.8) is 0 Å². The SMILES string of the molecule is O=C(NCc1ccccc1Cl)c1cnc2c(c1)N(Cc1cc(Cl)ccc1Cl)CCN2. The number of amides is 1. The first-order valence-corrected chi connectivity index (χ1v) is 10.6. The predicted octanol–water partition coefficient (Wildman–Crippen LogP) is 5.40. The summed E-state index contributed by atoms with van der Waals surface area (Å²) in [5.41, 5.74) is 3.11. The van der Waals surface area contributed by atoms with Crippen molar-refractivity contribution in [2.75, 3.05) is 23.3 Å². The smallest absolute Gasteiger partial charge is 0.253 e. The van der Waals surface area contributed by atoms with Crippen molar-refractivity contribution in [1.82, 2.24) is 10.3 Å². The minimum atomic E-state index is -0.212. The Bertz CT molecular complexity index is 1090. The molecule has 1 aromatic heterocycles. The topological polar surface area (TPSA) is 57.3 Å². The maximum absolute atomic E-state index is 12.7. The first kappa shape index (κ1) is 20.8. The second kappa shape index (κ2) is 9.13. The van der Waals surface area contributed by atoms with E-state index in [0.29, 0.717) is 33.7 Å². The number of pyridine rings is 1. The van der Waals surface area contributed by atoms with E-state index in [1.54, 1.807) is 24.4 Å². The van der Waals surface area contributed by atoms with Crippen LogP contribution in [0.1, 0.15) is 21.5 Å². The number of fused-ring (bicyclic) bond motifs is 1. The lowest BCUT2D eigenvalue weighted by molar-refractivity contribution is 0.0950. The van der Waals surface area contributed by atoms with Gasteiger partial charge in [-0.1, -0.05) is 53.0 Å². The summed E-state index contributed by atoms with van der Waals surface area (Å²) >= 11 is 18.6. The molecule has 1 aliphatic rings. The molecule has 0 bridgehead atoms. The number of hydrogen-bond donors (Lipinski definition) is 2. The van der Waals surface area contributed by atoms with Crippen LogP contribution in [-0.4, -0.2) is 24.0 Å². The molecular weight excluding hydrogens is 443 g/mol. The molecule has 154 valence electrons. The Morgan fingerprint density at radius 1 is 1.07 bits per heavy atom. The van der Waals surface area contributed by atoms with Gasteiger partial charge in [-0.15, -0.1) is 0 Å². The minimum Gasteiger partial charge on any atom is -0.367 e. The zero-order valence-electron chi connectivity index (χ0n) is 16.0. The second-order valence-electron chi connectivity index (χ2n) is 6.95. The van der Waals surface area contributed by atoms with E-state index in [1.807, 2.05) is 30.3 Å². The molecule has 0 radical (unpaired) electrons. The molecule has 0 fully saturated rings. The second-order valence-corrected chi connectivity index (χ2v) is 8.20. The monoisotopic (exact) mass is 460 g/mol. The largest absolute Gasteiger partial charge is 0.367 e. The molecule has 2 aromatic carbocycles. The Labute approximate surface area is 190 Å². The van der Waals surface area contributed by atoms with Crippen LogP contribution in [-0.2, 0) is 13.1 Å². The molecule has 8 heteroatoms. The lowest BCUT2D eigenvalue weighted by Crippen LogP contribution is -2.34. The Hall–Kier alpha value is -2.47. The minimum absolute atomic E-state index is 0.212. The molecule has 0 saturated heterocycles. The first-order valence-electron chi connectivity index (χ1n) is 9.45. The lowest BCUT2D eigenvalue weighted by atomic mass is 10.1. The molecule has 2 N–H and O–H groups in total. The van der Waals surface area contributed by atoms with Crippen LogP contribution in [0.5, 0.6) is 0 Å². The highest BCUT2D eigenvalue weighted by Crippen LogP contribution is 2.31. The third-order valence-electron chi connectivity index (χ3n) is 4.91. The number of carbonyl (C=O) groups excluding carboxylic acids is 1. The summed E-state index contributed by atoms with van der Waals surface area (Å²) in [5.74, 6) is 0.526. The summed E-state index contributed by atoms with van der Waals surface area (Å²) in [6.45, 7) is 2.41. The maximum atomic E-state index is 12.7. The van der Waals surface area contributed by atoms with Crippen LogP contribution in [0.25, 0.3) is 0 Å². The van der Waals surface area contributed by atoms with E-state index in [2.05, 4.69) is 20.5 Å². The number of anilines is 2. The van der Waals surface area contributed by atoms with E-state index in [-0.39, 0.29) is 5.91 Å². The molecule has 0 spiro atoms. The van der Waals surface area contributed by atoms with Crippen molar-refractivity contribution in [2.24, 2.45) is 0 Å². The van der Waals surface area contributed by atoms with Crippen LogP contribution < -0.4 is 15.5 Å². The number of nitrogens with zero attached hydrogens (tertiary/aromatic N) is 2. The van der Waals surface area contributed by atoms with Gasteiger partial charge in [-0.3, -0.25) is 4.79 Å². The number of nitrogens with one attached hydrogen (secondary N) is 2. The van der Waals surface area contributed by atoms with Crippen LogP contribution >= 0.6 is 34.8 Å². The summed E-state index contributed by atoms with van der Waals surface area (Å²) in [6, 6.07) is 14.7. The summed E-state index contributed by atoms with van der Waals surface area (Å²) in [7, 11) is 0. The van der Waals surface area contributed by atoms with Crippen molar-refractivity contribution in [2.45, 2.75) is 13.1 Å². The summed E-state index contributed by atoms with van der Waals surface area (Å²) in [5, 5.41) is 8.09. The van der Waals surface area contributed by atoms with Gasteiger partial charge in [-0.05, 0) is 41.5 Å². The van der Waals surface area contributed by atoms with Crippen molar-refractivity contribution in [1.29, 1.82) is 0 Å². The van der Waals surface area contributed by atoms with Gasteiger partial charge in [0.2, 0.25) is 0 Å². The molecule has 4 rings (SSSR count). The van der Waals surface area contributed by atoms with Gasteiger partial charge >= 0.3 is 0 Å². The maximum Gasteiger partial charge on any atom is 0.253 e. The molecule has 0 aliphatic carbocycles. The van der Waals surface area contributed by atoms with Gasteiger partial charge < -0.3 is 15.5 Å².